The molecule has 0 saturated heterocycles. The van der Waals surface area contributed by atoms with Crippen LogP contribution in [0.15, 0.2) is 27.7 Å². The maximum atomic E-state index is 12.3. The highest BCUT2D eigenvalue weighted by molar-refractivity contribution is 7.16. The number of thiazole rings is 1. The summed E-state index contributed by atoms with van der Waals surface area (Å²) >= 11 is 1.40. The number of fused-ring (bicyclic) bond motifs is 1. The molecule has 0 spiro atoms. The number of methoxy groups -OCH3 is 2. The van der Waals surface area contributed by atoms with Gasteiger partial charge in [0.1, 0.15) is 0 Å². The Morgan fingerprint density at radius 3 is 2.58 bits per heavy atom. The molecule has 0 radical (unpaired) electrons. The lowest BCUT2D eigenvalue weighted by Gasteiger charge is -2.08. The van der Waals surface area contributed by atoms with Crippen LogP contribution in [0.5, 0.6) is 11.5 Å². The summed E-state index contributed by atoms with van der Waals surface area (Å²) in [5.74, 6) is 0.943. The molecule has 0 atom stereocenters. The van der Waals surface area contributed by atoms with Gasteiger partial charge in [0, 0.05) is 24.7 Å². The number of aryl methyl sites for hydroxylation is 2. The minimum atomic E-state index is -0.455. The first-order valence-electron chi connectivity index (χ1n) is 7.35. The fraction of sp³-hybridized carbons (Fsp3) is 0.312. The molecule has 8 heteroatoms. The predicted octanol–water partition coefficient (Wildman–Crippen LogP) is 2.78. The summed E-state index contributed by atoms with van der Waals surface area (Å²) in [7, 11) is 3.18. The highest BCUT2D eigenvalue weighted by atomic mass is 32.1. The van der Waals surface area contributed by atoms with E-state index in [2.05, 4.69) is 10.1 Å². The summed E-state index contributed by atoms with van der Waals surface area (Å²) in [5, 5.41) is 3.72. The van der Waals surface area contributed by atoms with E-state index in [4.69, 9.17) is 14.0 Å². The molecule has 0 bridgehead atoms. The second-order valence-electron chi connectivity index (χ2n) is 5.05. The molecule has 0 aliphatic heterocycles. The summed E-state index contributed by atoms with van der Waals surface area (Å²) in [6.07, 6.45) is 0. The van der Waals surface area contributed by atoms with Gasteiger partial charge in [-0.2, -0.15) is 4.99 Å². The van der Waals surface area contributed by atoms with Crippen LogP contribution in [-0.4, -0.2) is 29.9 Å². The standard InChI is InChI=1S/C16H17N3O4S/c1-5-19-10-7-11(21-3)12(22-4)8-14(10)24-16(19)17-15(20)13-6-9(2)18-23-13/h6-8H,5H2,1-4H3. The Labute approximate surface area is 142 Å². The monoisotopic (exact) mass is 347 g/mol. The number of aromatic nitrogens is 2. The van der Waals surface area contributed by atoms with Crippen molar-refractivity contribution in [2.24, 2.45) is 4.99 Å². The topological polar surface area (TPSA) is 78.9 Å². The maximum absolute atomic E-state index is 12.3. The number of ether oxygens (including phenoxy) is 2. The summed E-state index contributed by atoms with van der Waals surface area (Å²) < 4.78 is 18.6. The van der Waals surface area contributed by atoms with Crippen molar-refractivity contribution in [3.63, 3.8) is 0 Å². The van der Waals surface area contributed by atoms with E-state index in [9.17, 15) is 4.79 Å². The molecule has 2 aromatic heterocycles. The van der Waals surface area contributed by atoms with Gasteiger partial charge < -0.3 is 18.6 Å². The number of rotatable bonds is 4. The Balaban J connectivity index is 2.17. The second kappa shape index (κ2) is 6.48. The van der Waals surface area contributed by atoms with E-state index in [1.165, 1.54) is 11.3 Å². The van der Waals surface area contributed by atoms with E-state index in [-0.39, 0.29) is 5.76 Å². The van der Waals surface area contributed by atoms with Gasteiger partial charge in [-0.1, -0.05) is 16.5 Å². The first kappa shape index (κ1) is 16.3. The summed E-state index contributed by atoms with van der Waals surface area (Å²) in [6, 6.07) is 5.34. The van der Waals surface area contributed by atoms with Gasteiger partial charge in [0.15, 0.2) is 16.3 Å². The zero-order valence-electron chi connectivity index (χ0n) is 13.8. The molecule has 0 fully saturated rings. The van der Waals surface area contributed by atoms with Crippen LogP contribution in [0.1, 0.15) is 23.2 Å². The number of hydrogen-bond donors (Lipinski definition) is 0. The number of nitrogens with zero attached hydrogens (tertiary/aromatic N) is 3. The Hall–Kier alpha value is -2.61. The normalized spacial score (nSPS) is 11.9. The summed E-state index contributed by atoms with van der Waals surface area (Å²) in [4.78, 5) is 17.0. The summed E-state index contributed by atoms with van der Waals surface area (Å²) in [5.41, 5.74) is 1.57. The van der Waals surface area contributed by atoms with Gasteiger partial charge in [0.2, 0.25) is 5.76 Å². The lowest BCUT2D eigenvalue weighted by molar-refractivity contribution is 0.0962. The number of amides is 1. The van der Waals surface area contributed by atoms with Crippen LogP contribution >= 0.6 is 11.3 Å². The molecular formula is C16H17N3O4S. The number of hydrogen-bond acceptors (Lipinski definition) is 6. The van der Waals surface area contributed by atoms with Crippen molar-refractivity contribution in [3.05, 3.63) is 34.5 Å². The van der Waals surface area contributed by atoms with Gasteiger partial charge in [0.05, 0.1) is 30.1 Å². The Kier molecular flexibility index (Phi) is 4.39. The van der Waals surface area contributed by atoms with E-state index in [0.717, 1.165) is 10.2 Å². The Bertz CT molecular complexity index is 968. The zero-order chi connectivity index (χ0) is 17.3. The minimum absolute atomic E-state index is 0.128. The molecule has 1 amide bonds. The molecule has 3 aromatic rings. The summed E-state index contributed by atoms with van der Waals surface area (Å²) in [6.45, 7) is 4.41. The lowest BCUT2D eigenvalue weighted by atomic mass is 10.3. The van der Waals surface area contributed by atoms with Crippen LogP contribution in [0.2, 0.25) is 0 Å². The largest absolute Gasteiger partial charge is 0.493 e. The average Bonchev–Trinajstić information content (AvgIpc) is 3.16. The molecule has 0 unspecified atom stereocenters. The lowest BCUT2D eigenvalue weighted by Crippen LogP contribution is -2.15. The van der Waals surface area contributed by atoms with Gasteiger partial charge in [-0.15, -0.1) is 0 Å². The van der Waals surface area contributed by atoms with Crippen molar-refractivity contribution in [3.8, 4) is 11.5 Å². The molecule has 0 N–H and O–H groups in total. The van der Waals surface area contributed by atoms with E-state index in [1.54, 1.807) is 27.2 Å². The van der Waals surface area contributed by atoms with Crippen LogP contribution in [0.4, 0.5) is 0 Å². The van der Waals surface area contributed by atoms with Crippen LogP contribution in [-0.2, 0) is 6.54 Å². The van der Waals surface area contributed by atoms with Crippen molar-refractivity contribution in [2.75, 3.05) is 14.2 Å². The third kappa shape index (κ3) is 2.80. The van der Waals surface area contributed by atoms with Crippen molar-refractivity contribution < 1.29 is 18.8 Å². The van der Waals surface area contributed by atoms with Crippen LogP contribution < -0.4 is 14.3 Å². The van der Waals surface area contributed by atoms with Crippen LogP contribution in [0.3, 0.4) is 0 Å². The predicted molar refractivity (Wildman–Crippen MR) is 89.7 cm³/mol. The van der Waals surface area contributed by atoms with Crippen LogP contribution in [0.25, 0.3) is 10.2 Å². The number of benzene rings is 1. The highest BCUT2D eigenvalue weighted by Gasteiger charge is 2.14. The maximum Gasteiger partial charge on any atom is 0.318 e. The molecule has 0 aliphatic carbocycles. The Morgan fingerprint density at radius 1 is 1.29 bits per heavy atom. The SMILES string of the molecule is CCn1c(=NC(=O)c2cc(C)no2)sc2cc(OC)c(OC)cc21. The molecular weight excluding hydrogens is 330 g/mol. The highest BCUT2D eigenvalue weighted by Crippen LogP contribution is 2.33. The molecule has 7 nitrogen and oxygen atoms in total. The Morgan fingerprint density at radius 2 is 2.00 bits per heavy atom. The molecule has 0 aliphatic rings. The zero-order valence-corrected chi connectivity index (χ0v) is 14.6. The number of carbonyl (C=O) groups excluding carboxylic acids is 1. The smallest absolute Gasteiger partial charge is 0.318 e. The molecule has 24 heavy (non-hydrogen) atoms. The van der Waals surface area contributed by atoms with Crippen molar-refractivity contribution in [2.45, 2.75) is 20.4 Å². The fourth-order valence-corrected chi connectivity index (χ4v) is 3.50. The molecule has 1 aromatic carbocycles. The third-order valence-corrected chi connectivity index (χ3v) is 4.58. The van der Waals surface area contributed by atoms with E-state index >= 15 is 0 Å². The molecule has 3 rings (SSSR count). The fourth-order valence-electron chi connectivity index (χ4n) is 2.39. The van der Waals surface area contributed by atoms with Crippen molar-refractivity contribution >= 4 is 27.5 Å². The van der Waals surface area contributed by atoms with Gasteiger partial charge in [-0.3, -0.25) is 4.79 Å². The average molecular weight is 347 g/mol. The first-order valence-corrected chi connectivity index (χ1v) is 8.16. The molecule has 2 heterocycles. The van der Waals surface area contributed by atoms with E-state index in [0.29, 0.717) is 28.5 Å². The van der Waals surface area contributed by atoms with Crippen LogP contribution in [0, 0.1) is 6.92 Å². The van der Waals surface area contributed by atoms with Gasteiger partial charge in [-0.25, -0.2) is 0 Å². The molecule has 0 saturated carbocycles. The quantitative estimate of drug-likeness (QED) is 0.725. The number of carbonyl (C=O) groups is 1. The first-order chi connectivity index (χ1) is 11.6. The third-order valence-electron chi connectivity index (χ3n) is 3.54. The van der Waals surface area contributed by atoms with E-state index < -0.39 is 5.91 Å². The van der Waals surface area contributed by atoms with E-state index in [1.807, 2.05) is 23.6 Å². The minimum Gasteiger partial charge on any atom is -0.493 e. The van der Waals surface area contributed by atoms with Gasteiger partial charge in [-0.05, 0) is 13.8 Å². The van der Waals surface area contributed by atoms with Crippen molar-refractivity contribution in [1.29, 1.82) is 0 Å². The molecule has 126 valence electrons. The van der Waals surface area contributed by atoms with Gasteiger partial charge >= 0.3 is 5.91 Å². The second-order valence-corrected chi connectivity index (χ2v) is 6.06. The van der Waals surface area contributed by atoms with Crippen molar-refractivity contribution in [1.82, 2.24) is 9.72 Å². The van der Waals surface area contributed by atoms with Gasteiger partial charge in [0.25, 0.3) is 0 Å².